The molecule has 0 saturated carbocycles. The maximum Gasteiger partial charge on any atom is 0.254 e. The van der Waals surface area contributed by atoms with Crippen LogP contribution in [0.2, 0.25) is 0 Å². The van der Waals surface area contributed by atoms with Crippen LogP contribution in [0.25, 0.3) is 0 Å². The average Bonchev–Trinajstić information content (AvgIpc) is 2.68. The highest BCUT2D eigenvalue weighted by Crippen LogP contribution is 2.32. The molecule has 1 aliphatic rings. The van der Waals surface area contributed by atoms with Crippen molar-refractivity contribution in [1.82, 2.24) is 4.90 Å². The first kappa shape index (κ1) is 17.9. The van der Waals surface area contributed by atoms with Gasteiger partial charge in [0.2, 0.25) is 5.91 Å². The van der Waals surface area contributed by atoms with E-state index >= 15 is 0 Å². The summed E-state index contributed by atoms with van der Waals surface area (Å²) < 4.78 is 0. The Morgan fingerprint density at radius 2 is 1.92 bits per heavy atom. The summed E-state index contributed by atoms with van der Waals surface area (Å²) in [6.07, 6.45) is 2.53. The number of carbonyl (C=O) groups excluding carboxylic acids is 2. The Morgan fingerprint density at radius 1 is 1.15 bits per heavy atom. The highest BCUT2D eigenvalue weighted by molar-refractivity contribution is 6.00. The number of piperidine rings is 1. The van der Waals surface area contributed by atoms with Gasteiger partial charge in [-0.2, -0.15) is 0 Å². The number of hydrogen-bond acceptors (Lipinski definition) is 3. The minimum Gasteiger partial charge on any atom is -0.383 e. The number of likely N-dealkylation sites (tertiary alicyclic amines) is 1. The summed E-state index contributed by atoms with van der Waals surface area (Å²) >= 11 is 0. The van der Waals surface area contributed by atoms with Gasteiger partial charge in [0.25, 0.3) is 5.91 Å². The van der Waals surface area contributed by atoms with Crippen LogP contribution in [0.1, 0.15) is 28.8 Å². The van der Waals surface area contributed by atoms with Crippen molar-refractivity contribution in [1.29, 1.82) is 0 Å². The summed E-state index contributed by atoms with van der Waals surface area (Å²) in [6, 6.07) is 16.2. The molecule has 134 valence electrons. The molecule has 3 rings (SSSR count). The monoisotopic (exact) mass is 350 g/mol. The fourth-order valence-corrected chi connectivity index (χ4v) is 3.30. The molecular formula is C21H22N2O3. The standard InChI is InChI=1S/C21H22N2O3/c1-2-19(24)22-18-11-6-8-16(14-18)20(25)23-13-7-12-21(26,15-23)17-9-4-3-5-10-17/h2-6,8-11,14,26H,1,7,12-13,15H2,(H,22,24). The number of nitrogens with zero attached hydrogens (tertiary/aromatic N) is 1. The van der Waals surface area contributed by atoms with Crippen LogP contribution in [-0.2, 0) is 10.4 Å². The SMILES string of the molecule is C=CC(=O)Nc1cccc(C(=O)N2CCCC(O)(c3ccccc3)C2)c1. The highest BCUT2D eigenvalue weighted by Gasteiger charge is 2.36. The quantitative estimate of drug-likeness (QED) is 0.833. The first-order valence-corrected chi connectivity index (χ1v) is 8.62. The van der Waals surface area contributed by atoms with Gasteiger partial charge in [-0.25, -0.2) is 0 Å². The average molecular weight is 350 g/mol. The lowest BCUT2D eigenvalue weighted by atomic mass is 9.85. The molecule has 2 N–H and O–H groups in total. The molecule has 1 aliphatic heterocycles. The Bertz CT molecular complexity index is 819. The van der Waals surface area contributed by atoms with E-state index in [0.717, 1.165) is 12.0 Å². The fourth-order valence-electron chi connectivity index (χ4n) is 3.30. The van der Waals surface area contributed by atoms with Gasteiger partial charge in [0.05, 0.1) is 6.54 Å². The molecule has 0 aliphatic carbocycles. The number of β-amino-alcohol motifs (C(OH)–C–C–N with tert-alkyl or cyclic N) is 1. The van der Waals surface area contributed by atoms with Crippen molar-refractivity contribution in [2.24, 2.45) is 0 Å². The zero-order chi connectivity index (χ0) is 18.6. The van der Waals surface area contributed by atoms with Gasteiger partial charge < -0.3 is 15.3 Å². The van der Waals surface area contributed by atoms with E-state index in [1.165, 1.54) is 6.08 Å². The molecule has 5 heteroatoms. The summed E-state index contributed by atoms with van der Waals surface area (Å²) in [5.41, 5.74) is 0.800. The molecule has 26 heavy (non-hydrogen) atoms. The third kappa shape index (κ3) is 3.83. The molecule has 1 fully saturated rings. The van der Waals surface area contributed by atoms with E-state index in [4.69, 9.17) is 0 Å². The van der Waals surface area contributed by atoms with Crippen molar-refractivity contribution in [3.8, 4) is 0 Å². The Kier molecular flexibility index (Phi) is 5.19. The minimum atomic E-state index is -1.04. The van der Waals surface area contributed by atoms with E-state index in [-0.39, 0.29) is 18.4 Å². The number of amides is 2. The zero-order valence-electron chi connectivity index (χ0n) is 14.5. The van der Waals surface area contributed by atoms with Gasteiger partial charge >= 0.3 is 0 Å². The molecule has 0 radical (unpaired) electrons. The van der Waals surface area contributed by atoms with Crippen LogP contribution in [0.3, 0.4) is 0 Å². The van der Waals surface area contributed by atoms with Gasteiger partial charge in [-0.1, -0.05) is 43.0 Å². The van der Waals surface area contributed by atoms with Crippen LogP contribution in [0.4, 0.5) is 5.69 Å². The summed E-state index contributed by atoms with van der Waals surface area (Å²) in [4.78, 5) is 26.0. The molecule has 1 heterocycles. The van der Waals surface area contributed by atoms with Crippen molar-refractivity contribution in [2.45, 2.75) is 18.4 Å². The van der Waals surface area contributed by atoms with E-state index in [9.17, 15) is 14.7 Å². The molecule has 1 atom stereocenters. The second-order valence-corrected chi connectivity index (χ2v) is 6.50. The van der Waals surface area contributed by atoms with Crippen molar-refractivity contribution in [2.75, 3.05) is 18.4 Å². The smallest absolute Gasteiger partial charge is 0.254 e. The Hall–Kier alpha value is -2.92. The molecule has 2 aromatic rings. The third-order valence-electron chi connectivity index (χ3n) is 4.63. The molecule has 0 bridgehead atoms. The predicted molar refractivity (Wildman–Crippen MR) is 101 cm³/mol. The van der Waals surface area contributed by atoms with Crippen LogP contribution in [0, 0.1) is 0 Å². The second-order valence-electron chi connectivity index (χ2n) is 6.50. The number of hydrogen-bond donors (Lipinski definition) is 2. The fraction of sp³-hybridized carbons (Fsp3) is 0.238. The summed E-state index contributed by atoms with van der Waals surface area (Å²) in [5, 5.41) is 13.7. The van der Waals surface area contributed by atoms with Crippen LogP contribution >= 0.6 is 0 Å². The van der Waals surface area contributed by atoms with E-state index in [2.05, 4.69) is 11.9 Å². The van der Waals surface area contributed by atoms with Crippen molar-refractivity contribution in [3.63, 3.8) is 0 Å². The van der Waals surface area contributed by atoms with Crippen molar-refractivity contribution < 1.29 is 14.7 Å². The Labute approximate surface area is 153 Å². The normalized spacial score (nSPS) is 19.7. The van der Waals surface area contributed by atoms with Crippen LogP contribution < -0.4 is 5.32 Å². The first-order chi connectivity index (χ1) is 12.5. The number of benzene rings is 2. The van der Waals surface area contributed by atoms with Gasteiger partial charge in [-0.15, -0.1) is 0 Å². The number of carbonyl (C=O) groups is 2. The lowest BCUT2D eigenvalue weighted by molar-refractivity contribution is -0.111. The van der Waals surface area contributed by atoms with Gasteiger partial charge in [0.15, 0.2) is 0 Å². The lowest BCUT2D eigenvalue weighted by Crippen LogP contribution is -2.48. The van der Waals surface area contributed by atoms with E-state index in [1.807, 2.05) is 30.3 Å². The Morgan fingerprint density at radius 3 is 2.65 bits per heavy atom. The van der Waals surface area contributed by atoms with Crippen molar-refractivity contribution in [3.05, 3.63) is 78.4 Å². The number of anilines is 1. The molecule has 5 nitrogen and oxygen atoms in total. The van der Waals surface area contributed by atoms with E-state index in [1.54, 1.807) is 29.2 Å². The third-order valence-corrected chi connectivity index (χ3v) is 4.63. The molecular weight excluding hydrogens is 328 g/mol. The highest BCUT2D eigenvalue weighted by atomic mass is 16.3. The van der Waals surface area contributed by atoms with Gasteiger partial charge in [-0.3, -0.25) is 9.59 Å². The lowest BCUT2D eigenvalue weighted by Gasteiger charge is -2.39. The first-order valence-electron chi connectivity index (χ1n) is 8.62. The molecule has 0 aromatic heterocycles. The summed E-state index contributed by atoms with van der Waals surface area (Å²) in [6.45, 7) is 4.26. The second kappa shape index (κ2) is 7.54. The summed E-state index contributed by atoms with van der Waals surface area (Å²) in [7, 11) is 0. The molecule has 2 amide bonds. The zero-order valence-corrected chi connectivity index (χ0v) is 14.5. The summed E-state index contributed by atoms with van der Waals surface area (Å²) in [5.74, 6) is -0.486. The van der Waals surface area contributed by atoms with Gasteiger partial charge in [-0.05, 0) is 42.7 Å². The van der Waals surface area contributed by atoms with Crippen molar-refractivity contribution >= 4 is 17.5 Å². The number of aliphatic hydroxyl groups is 1. The van der Waals surface area contributed by atoms with Crippen LogP contribution in [0.15, 0.2) is 67.3 Å². The predicted octanol–water partition coefficient (Wildman–Crippen LogP) is 2.93. The molecule has 1 unspecified atom stereocenters. The molecule has 2 aromatic carbocycles. The van der Waals surface area contributed by atoms with Crippen LogP contribution in [-0.4, -0.2) is 34.9 Å². The van der Waals surface area contributed by atoms with Crippen LogP contribution in [0.5, 0.6) is 0 Å². The topological polar surface area (TPSA) is 69.6 Å². The number of nitrogens with one attached hydrogen (secondary N) is 1. The maximum absolute atomic E-state index is 12.9. The van der Waals surface area contributed by atoms with E-state index in [0.29, 0.717) is 24.2 Å². The van der Waals surface area contributed by atoms with E-state index < -0.39 is 5.60 Å². The molecule has 0 spiro atoms. The largest absolute Gasteiger partial charge is 0.383 e. The Balaban J connectivity index is 1.78. The van der Waals surface area contributed by atoms with Gasteiger partial charge in [0, 0.05) is 17.8 Å². The number of rotatable bonds is 4. The minimum absolute atomic E-state index is 0.159. The maximum atomic E-state index is 12.9. The molecule has 1 saturated heterocycles. The van der Waals surface area contributed by atoms with Gasteiger partial charge in [0.1, 0.15) is 5.60 Å².